The Balaban J connectivity index is 1.76. The van der Waals surface area contributed by atoms with E-state index in [9.17, 15) is 8.78 Å². The van der Waals surface area contributed by atoms with E-state index in [1.165, 1.54) is 0 Å². The van der Waals surface area contributed by atoms with Gasteiger partial charge in [0.1, 0.15) is 5.76 Å². The predicted molar refractivity (Wildman–Crippen MR) is 75.3 cm³/mol. The fourth-order valence-corrected chi connectivity index (χ4v) is 2.41. The van der Waals surface area contributed by atoms with Crippen molar-refractivity contribution in [3.05, 3.63) is 11.8 Å². The molecule has 7 nitrogen and oxygen atoms in total. The third-order valence-electron chi connectivity index (χ3n) is 3.56. The van der Waals surface area contributed by atoms with Gasteiger partial charge in [-0.25, -0.2) is 8.78 Å². The molecule has 2 aromatic rings. The normalized spacial score (nSPS) is 18.3. The van der Waals surface area contributed by atoms with Crippen LogP contribution < -0.4 is 11.1 Å². The summed E-state index contributed by atoms with van der Waals surface area (Å²) in [5, 5.41) is 6.87. The van der Waals surface area contributed by atoms with Gasteiger partial charge in [-0.15, -0.1) is 0 Å². The number of hydrogen-bond donors (Lipinski definition) is 2. The second-order valence-electron chi connectivity index (χ2n) is 5.44. The molecular formula is C13H16F2N6O. The van der Waals surface area contributed by atoms with Gasteiger partial charge in [0.25, 0.3) is 0 Å². The number of nitrogens with zero attached hydrogens (tertiary/aromatic N) is 4. The summed E-state index contributed by atoms with van der Waals surface area (Å²) in [5.74, 6) is -1.36. The van der Waals surface area contributed by atoms with Crippen molar-refractivity contribution in [2.24, 2.45) is 0 Å². The van der Waals surface area contributed by atoms with Crippen molar-refractivity contribution in [2.75, 3.05) is 11.1 Å². The minimum atomic E-state index is -2.57. The predicted octanol–water partition coefficient (Wildman–Crippen LogP) is 2.41. The van der Waals surface area contributed by atoms with Crippen LogP contribution in [-0.2, 0) is 0 Å². The van der Waals surface area contributed by atoms with E-state index in [1.54, 1.807) is 13.0 Å². The molecule has 0 bridgehead atoms. The number of alkyl halides is 2. The molecule has 22 heavy (non-hydrogen) atoms. The lowest BCUT2D eigenvalue weighted by Crippen LogP contribution is -2.32. The Morgan fingerprint density at radius 2 is 2.00 bits per heavy atom. The second kappa shape index (κ2) is 5.47. The van der Waals surface area contributed by atoms with Crippen molar-refractivity contribution in [3.8, 4) is 11.5 Å². The quantitative estimate of drug-likeness (QED) is 0.897. The van der Waals surface area contributed by atoms with Crippen molar-refractivity contribution in [1.29, 1.82) is 0 Å². The van der Waals surface area contributed by atoms with Crippen LogP contribution in [-0.4, -0.2) is 32.1 Å². The van der Waals surface area contributed by atoms with Crippen LogP contribution in [0.3, 0.4) is 0 Å². The molecule has 1 aliphatic rings. The Labute approximate surface area is 125 Å². The lowest BCUT2D eigenvalue weighted by molar-refractivity contribution is -0.0361. The molecule has 2 heterocycles. The first-order valence-electron chi connectivity index (χ1n) is 7.01. The highest BCUT2D eigenvalue weighted by Crippen LogP contribution is 2.34. The third-order valence-corrected chi connectivity index (χ3v) is 3.56. The molecule has 3 rings (SSSR count). The summed E-state index contributed by atoms with van der Waals surface area (Å²) in [6.45, 7) is 1.75. The van der Waals surface area contributed by atoms with Gasteiger partial charge >= 0.3 is 0 Å². The van der Waals surface area contributed by atoms with Crippen molar-refractivity contribution >= 4 is 11.9 Å². The maximum absolute atomic E-state index is 13.2. The van der Waals surface area contributed by atoms with Crippen LogP contribution >= 0.6 is 0 Å². The van der Waals surface area contributed by atoms with E-state index in [1.807, 2.05) is 0 Å². The number of aromatic nitrogens is 4. The summed E-state index contributed by atoms with van der Waals surface area (Å²) in [5.41, 5.74) is 6.12. The van der Waals surface area contributed by atoms with E-state index < -0.39 is 5.92 Å². The molecule has 0 aliphatic heterocycles. The van der Waals surface area contributed by atoms with Crippen LogP contribution in [0, 0.1) is 6.92 Å². The molecule has 0 atom stereocenters. The first-order valence-corrected chi connectivity index (χ1v) is 7.01. The van der Waals surface area contributed by atoms with Gasteiger partial charge < -0.3 is 15.6 Å². The molecule has 118 valence electrons. The van der Waals surface area contributed by atoms with Gasteiger partial charge in [-0.05, 0) is 19.8 Å². The van der Waals surface area contributed by atoms with Gasteiger partial charge in [-0.1, -0.05) is 5.16 Å². The number of nitrogen functional groups attached to an aromatic ring is 1. The van der Waals surface area contributed by atoms with Crippen LogP contribution in [0.1, 0.15) is 31.4 Å². The number of rotatable bonds is 3. The van der Waals surface area contributed by atoms with E-state index >= 15 is 0 Å². The minimum Gasteiger partial charge on any atom is -0.368 e. The van der Waals surface area contributed by atoms with E-state index in [4.69, 9.17) is 10.3 Å². The van der Waals surface area contributed by atoms with Crippen LogP contribution in [0.15, 0.2) is 10.6 Å². The topological polar surface area (TPSA) is 103 Å². The Hall–Kier alpha value is -2.32. The summed E-state index contributed by atoms with van der Waals surface area (Å²) < 4.78 is 31.3. The Bertz CT molecular complexity index is 664. The van der Waals surface area contributed by atoms with Crippen molar-refractivity contribution in [1.82, 2.24) is 20.1 Å². The van der Waals surface area contributed by atoms with Crippen LogP contribution in [0.5, 0.6) is 0 Å². The van der Waals surface area contributed by atoms with E-state index in [0.29, 0.717) is 24.3 Å². The van der Waals surface area contributed by atoms with Gasteiger partial charge in [0.15, 0.2) is 11.5 Å². The van der Waals surface area contributed by atoms with Gasteiger partial charge in [0, 0.05) is 24.9 Å². The summed E-state index contributed by atoms with van der Waals surface area (Å²) in [7, 11) is 0. The van der Waals surface area contributed by atoms with Crippen molar-refractivity contribution in [2.45, 2.75) is 44.6 Å². The molecule has 2 aromatic heterocycles. The zero-order valence-electron chi connectivity index (χ0n) is 12.0. The van der Waals surface area contributed by atoms with Crippen molar-refractivity contribution in [3.63, 3.8) is 0 Å². The summed E-state index contributed by atoms with van der Waals surface area (Å²) in [6.07, 6.45) is 0.440. The molecular weight excluding hydrogens is 294 g/mol. The highest BCUT2D eigenvalue weighted by Gasteiger charge is 2.35. The van der Waals surface area contributed by atoms with Crippen molar-refractivity contribution < 1.29 is 13.3 Å². The monoisotopic (exact) mass is 310 g/mol. The van der Waals surface area contributed by atoms with Gasteiger partial charge in [0.05, 0.1) is 0 Å². The summed E-state index contributed by atoms with van der Waals surface area (Å²) in [4.78, 5) is 12.2. The summed E-state index contributed by atoms with van der Waals surface area (Å²) >= 11 is 0. The molecule has 1 saturated carbocycles. The first kappa shape index (κ1) is 14.6. The average molecular weight is 310 g/mol. The third kappa shape index (κ3) is 3.29. The van der Waals surface area contributed by atoms with Crippen LogP contribution in [0.4, 0.5) is 20.7 Å². The standard InChI is InChI=1S/C13H16F2N6O/c1-7-6-9(21-22-7)10-18-11(16)20-12(19-10)17-8-2-4-13(14,15)5-3-8/h6,8H,2-5H2,1H3,(H3,16,17,18,19,20). The van der Waals surface area contributed by atoms with E-state index in [2.05, 4.69) is 25.4 Å². The molecule has 0 spiro atoms. The number of halogens is 2. The molecule has 0 amide bonds. The molecule has 0 radical (unpaired) electrons. The number of nitrogens with one attached hydrogen (secondary N) is 1. The zero-order valence-corrected chi connectivity index (χ0v) is 12.0. The summed E-state index contributed by atoms with van der Waals surface area (Å²) in [6, 6.07) is 1.58. The Kier molecular flexibility index (Phi) is 3.63. The number of nitrogens with two attached hydrogens (primary N) is 1. The fraction of sp³-hybridized carbons (Fsp3) is 0.538. The van der Waals surface area contributed by atoms with E-state index in [-0.39, 0.29) is 36.6 Å². The van der Waals surface area contributed by atoms with Gasteiger partial charge in [-0.2, -0.15) is 15.0 Å². The average Bonchev–Trinajstić information content (AvgIpc) is 2.87. The molecule has 0 unspecified atom stereocenters. The van der Waals surface area contributed by atoms with Crippen LogP contribution in [0.25, 0.3) is 11.5 Å². The molecule has 3 N–H and O–H groups in total. The Morgan fingerprint density at radius 3 is 2.64 bits per heavy atom. The molecule has 9 heteroatoms. The Morgan fingerprint density at radius 1 is 1.27 bits per heavy atom. The van der Waals surface area contributed by atoms with Gasteiger partial charge in [-0.3, -0.25) is 0 Å². The second-order valence-corrected chi connectivity index (χ2v) is 5.44. The number of aryl methyl sites for hydroxylation is 1. The van der Waals surface area contributed by atoms with E-state index in [0.717, 1.165) is 0 Å². The molecule has 1 fully saturated rings. The maximum Gasteiger partial charge on any atom is 0.248 e. The largest absolute Gasteiger partial charge is 0.368 e. The van der Waals surface area contributed by atoms with Crippen LogP contribution in [0.2, 0.25) is 0 Å². The fourth-order valence-electron chi connectivity index (χ4n) is 2.41. The lowest BCUT2D eigenvalue weighted by atomic mass is 9.92. The maximum atomic E-state index is 13.2. The molecule has 1 aliphatic carbocycles. The highest BCUT2D eigenvalue weighted by molar-refractivity contribution is 5.52. The van der Waals surface area contributed by atoms with Gasteiger partial charge in [0.2, 0.25) is 17.8 Å². The number of anilines is 2. The molecule has 0 aromatic carbocycles. The molecule has 0 saturated heterocycles. The first-order chi connectivity index (χ1) is 10.4. The zero-order chi connectivity index (χ0) is 15.7. The smallest absolute Gasteiger partial charge is 0.248 e. The minimum absolute atomic E-state index is 0.0364. The number of hydrogen-bond acceptors (Lipinski definition) is 7. The lowest BCUT2D eigenvalue weighted by Gasteiger charge is -2.28. The SMILES string of the molecule is Cc1cc(-c2nc(N)nc(NC3CCC(F)(F)CC3)n2)no1. The highest BCUT2D eigenvalue weighted by atomic mass is 19.3.